The minimum Gasteiger partial charge on any atom is -0.360 e. The minimum absolute atomic E-state index is 0.0176. The number of aromatic nitrogens is 1. The van der Waals surface area contributed by atoms with Crippen LogP contribution in [0.15, 0.2) is 41.3 Å². The number of fused-ring (bicyclic) bond motifs is 1. The van der Waals surface area contributed by atoms with Crippen molar-refractivity contribution in [2.24, 2.45) is 0 Å². The molecule has 2 rings (SSSR count). The Bertz CT molecular complexity index is 617. The Morgan fingerprint density at radius 3 is 3.00 bits per heavy atom. The van der Waals surface area contributed by atoms with Crippen molar-refractivity contribution >= 4 is 17.0 Å². The minimum atomic E-state index is -0.0176. The van der Waals surface area contributed by atoms with Crippen LogP contribution in [0.3, 0.4) is 0 Å². The Morgan fingerprint density at radius 1 is 1.33 bits per heavy atom. The number of nitriles is 1. The molecule has 0 fully saturated rings. The predicted molar refractivity (Wildman–Crippen MR) is 59.2 cm³/mol. The SMILES string of the molecule is N#CC=Cc1cccc2c(=O)cc[nH]c12. The first-order valence-electron chi connectivity index (χ1n) is 4.49. The number of aromatic amines is 1. The second-order valence-corrected chi connectivity index (χ2v) is 3.07. The summed E-state index contributed by atoms with van der Waals surface area (Å²) in [4.78, 5) is 14.5. The van der Waals surface area contributed by atoms with Crippen LogP contribution in [0.1, 0.15) is 5.56 Å². The first-order chi connectivity index (χ1) is 7.33. The van der Waals surface area contributed by atoms with Crippen molar-refractivity contribution in [3.05, 3.63) is 52.3 Å². The van der Waals surface area contributed by atoms with Gasteiger partial charge in [-0.25, -0.2) is 0 Å². The second kappa shape index (κ2) is 3.81. The molecule has 0 radical (unpaired) electrons. The van der Waals surface area contributed by atoms with Crippen molar-refractivity contribution in [2.75, 3.05) is 0 Å². The lowest BCUT2D eigenvalue weighted by Crippen LogP contribution is -2.00. The molecule has 0 aliphatic rings. The van der Waals surface area contributed by atoms with Crippen molar-refractivity contribution in [3.8, 4) is 6.07 Å². The number of rotatable bonds is 1. The van der Waals surface area contributed by atoms with Crippen LogP contribution in [0.4, 0.5) is 0 Å². The number of allylic oxidation sites excluding steroid dienone is 1. The fourth-order valence-corrected chi connectivity index (χ4v) is 1.49. The molecule has 0 amide bonds. The maximum Gasteiger partial charge on any atom is 0.189 e. The van der Waals surface area contributed by atoms with Gasteiger partial charge < -0.3 is 4.98 Å². The molecule has 15 heavy (non-hydrogen) atoms. The molecule has 0 unspecified atom stereocenters. The van der Waals surface area contributed by atoms with E-state index in [1.54, 1.807) is 24.4 Å². The first kappa shape index (κ1) is 9.22. The Hall–Kier alpha value is -2.34. The van der Waals surface area contributed by atoms with Gasteiger partial charge in [0.05, 0.1) is 11.6 Å². The molecule has 72 valence electrons. The molecular formula is C12H8N2O. The molecule has 0 bridgehead atoms. The van der Waals surface area contributed by atoms with Gasteiger partial charge in [-0.2, -0.15) is 5.26 Å². The molecule has 0 spiro atoms. The van der Waals surface area contributed by atoms with Crippen LogP contribution in [0.5, 0.6) is 0 Å². The van der Waals surface area contributed by atoms with Crippen molar-refractivity contribution < 1.29 is 0 Å². The van der Waals surface area contributed by atoms with E-state index in [1.807, 2.05) is 12.1 Å². The van der Waals surface area contributed by atoms with Crippen LogP contribution >= 0.6 is 0 Å². The molecule has 0 saturated carbocycles. The van der Waals surface area contributed by atoms with Crippen LogP contribution in [0.2, 0.25) is 0 Å². The standard InChI is InChI=1S/C12H8N2O/c13-7-2-4-9-3-1-5-10-11(15)6-8-14-12(9)10/h1-6,8H,(H,14,15). The van der Waals surface area contributed by atoms with Crippen LogP contribution in [0, 0.1) is 11.3 Å². The van der Waals surface area contributed by atoms with Crippen LogP contribution in [0.25, 0.3) is 17.0 Å². The molecular weight excluding hydrogens is 188 g/mol. The average molecular weight is 196 g/mol. The summed E-state index contributed by atoms with van der Waals surface area (Å²) in [5.74, 6) is 0. The molecule has 3 heteroatoms. The summed E-state index contributed by atoms with van der Waals surface area (Å²) >= 11 is 0. The first-order valence-corrected chi connectivity index (χ1v) is 4.49. The topological polar surface area (TPSA) is 56.6 Å². The quantitative estimate of drug-likeness (QED) is 0.710. The third-order valence-electron chi connectivity index (χ3n) is 2.16. The summed E-state index contributed by atoms with van der Waals surface area (Å²) in [5, 5.41) is 9.08. The van der Waals surface area contributed by atoms with E-state index >= 15 is 0 Å². The lowest BCUT2D eigenvalue weighted by molar-refractivity contribution is 1.38. The summed E-state index contributed by atoms with van der Waals surface area (Å²) in [6, 6.07) is 8.82. The average Bonchev–Trinajstić information content (AvgIpc) is 2.27. The zero-order valence-corrected chi connectivity index (χ0v) is 7.90. The number of hydrogen-bond acceptors (Lipinski definition) is 2. The van der Waals surface area contributed by atoms with E-state index < -0.39 is 0 Å². The number of para-hydroxylation sites is 1. The summed E-state index contributed by atoms with van der Waals surface area (Å²) in [6.07, 6.45) is 4.67. The van der Waals surface area contributed by atoms with Gasteiger partial charge in [-0.05, 0) is 17.7 Å². The van der Waals surface area contributed by atoms with E-state index in [2.05, 4.69) is 4.98 Å². The van der Waals surface area contributed by atoms with E-state index in [-0.39, 0.29) is 5.43 Å². The fourth-order valence-electron chi connectivity index (χ4n) is 1.49. The number of H-pyrrole nitrogens is 1. The number of nitrogens with one attached hydrogen (secondary N) is 1. The molecule has 0 aliphatic carbocycles. The van der Waals surface area contributed by atoms with Crippen molar-refractivity contribution in [3.63, 3.8) is 0 Å². The van der Waals surface area contributed by atoms with Gasteiger partial charge in [0.1, 0.15) is 0 Å². The third kappa shape index (κ3) is 1.65. The number of benzene rings is 1. The third-order valence-corrected chi connectivity index (χ3v) is 2.16. The summed E-state index contributed by atoms with van der Waals surface area (Å²) in [6.45, 7) is 0. The fraction of sp³-hybridized carbons (Fsp3) is 0. The molecule has 1 heterocycles. The van der Waals surface area contributed by atoms with Gasteiger partial charge in [0, 0.05) is 23.7 Å². The smallest absolute Gasteiger partial charge is 0.189 e. The van der Waals surface area contributed by atoms with Gasteiger partial charge in [0.2, 0.25) is 0 Å². The lowest BCUT2D eigenvalue weighted by atomic mass is 10.1. The van der Waals surface area contributed by atoms with Crippen LogP contribution in [-0.2, 0) is 0 Å². The highest BCUT2D eigenvalue weighted by Crippen LogP contribution is 2.14. The summed E-state index contributed by atoms with van der Waals surface area (Å²) < 4.78 is 0. The number of nitrogens with zero attached hydrogens (tertiary/aromatic N) is 1. The predicted octanol–water partition coefficient (Wildman–Crippen LogP) is 2.06. The Balaban J connectivity index is 2.78. The highest BCUT2D eigenvalue weighted by molar-refractivity contribution is 5.86. The summed E-state index contributed by atoms with van der Waals surface area (Å²) in [5.41, 5.74) is 1.58. The van der Waals surface area contributed by atoms with E-state index in [0.717, 1.165) is 11.1 Å². The van der Waals surface area contributed by atoms with E-state index in [1.165, 1.54) is 12.1 Å². The van der Waals surface area contributed by atoms with Gasteiger partial charge in [-0.15, -0.1) is 0 Å². The Morgan fingerprint density at radius 2 is 2.20 bits per heavy atom. The number of hydrogen-bond donors (Lipinski definition) is 1. The van der Waals surface area contributed by atoms with E-state index in [0.29, 0.717) is 5.39 Å². The van der Waals surface area contributed by atoms with E-state index in [9.17, 15) is 4.79 Å². The lowest BCUT2D eigenvalue weighted by Gasteiger charge is -2.00. The molecule has 1 N–H and O–H groups in total. The molecule has 2 aromatic rings. The molecule has 0 aliphatic heterocycles. The second-order valence-electron chi connectivity index (χ2n) is 3.07. The highest BCUT2D eigenvalue weighted by atomic mass is 16.1. The molecule has 0 saturated heterocycles. The number of pyridine rings is 1. The monoisotopic (exact) mass is 196 g/mol. The zero-order valence-electron chi connectivity index (χ0n) is 7.90. The highest BCUT2D eigenvalue weighted by Gasteiger charge is 1.99. The van der Waals surface area contributed by atoms with Gasteiger partial charge in [-0.3, -0.25) is 4.79 Å². The normalized spacial score (nSPS) is 10.6. The van der Waals surface area contributed by atoms with Gasteiger partial charge in [0.25, 0.3) is 0 Å². The maximum absolute atomic E-state index is 11.5. The van der Waals surface area contributed by atoms with Gasteiger partial charge in [-0.1, -0.05) is 12.1 Å². The Labute approximate surface area is 86.3 Å². The van der Waals surface area contributed by atoms with Crippen molar-refractivity contribution in [1.29, 1.82) is 5.26 Å². The van der Waals surface area contributed by atoms with Gasteiger partial charge in [0.15, 0.2) is 5.43 Å². The largest absolute Gasteiger partial charge is 0.360 e. The zero-order chi connectivity index (χ0) is 10.7. The van der Waals surface area contributed by atoms with Gasteiger partial charge >= 0.3 is 0 Å². The maximum atomic E-state index is 11.5. The van der Waals surface area contributed by atoms with Crippen molar-refractivity contribution in [1.82, 2.24) is 4.98 Å². The van der Waals surface area contributed by atoms with E-state index in [4.69, 9.17) is 5.26 Å². The van der Waals surface area contributed by atoms with Crippen LogP contribution < -0.4 is 5.43 Å². The molecule has 1 aromatic heterocycles. The summed E-state index contributed by atoms with van der Waals surface area (Å²) in [7, 11) is 0. The molecule has 3 nitrogen and oxygen atoms in total. The van der Waals surface area contributed by atoms with Crippen LogP contribution in [-0.4, -0.2) is 4.98 Å². The molecule has 1 aromatic carbocycles. The van der Waals surface area contributed by atoms with Crippen molar-refractivity contribution in [2.45, 2.75) is 0 Å². The molecule has 0 atom stereocenters. The Kier molecular flexibility index (Phi) is 2.34.